The van der Waals surface area contributed by atoms with E-state index in [-0.39, 0.29) is 67.7 Å². The van der Waals surface area contributed by atoms with Crippen molar-refractivity contribution in [3.05, 3.63) is 0 Å². The molecule has 0 aliphatic carbocycles. The molecule has 2 aliphatic heterocycles. The first kappa shape index (κ1) is 49.9. The van der Waals surface area contributed by atoms with E-state index in [1.165, 1.54) is 0 Å². The van der Waals surface area contributed by atoms with E-state index < -0.39 is 12.4 Å². The minimum absolute atomic E-state index is 0.00380. The molecular formula is C38H71IN8O9. The summed E-state index contributed by atoms with van der Waals surface area (Å²) in [5.41, 5.74) is 0. The van der Waals surface area contributed by atoms with E-state index in [1.807, 2.05) is 29.5 Å². The molecule has 8 N–H and O–H groups in total. The summed E-state index contributed by atoms with van der Waals surface area (Å²) in [6.07, 6.45) is 8.44. The van der Waals surface area contributed by atoms with Crippen LogP contribution in [0.15, 0.2) is 0 Å². The largest absolute Gasteiger partial charge is 0.377 e. The van der Waals surface area contributed by atoms with Gasteiger partial charge in [-0.3, -0.25) is 39.5 Å². The van der Waals surface area contributed by atoms with E-state index in [1.54, 1.807) is 0 Å². The number of halogens is 1. The fraction of sp³-hybridized carbons (Fsp3) is 0.868. The Morgan fingerprint density at radius 2 is 1.32 bits per heavy atom. The van der Waals surface area contributed by atoms with Crippen molar-refractivity contribution in [1.82, 2.24) is 42.1 Å². The van der Waals surface area contributed by atoms with E-state index in [2.05, 4.69) is 56.0 Å². The Labute approximate surface area is 347 Å². The maximum absolute atomic E-state index is 13.1. The molecule has 0 spiro atoms. The molecule has 2 heterocycles. The number of ether oxygens (including phenoxy) is 3. The number of likely N-dealkylation sites (tertiary alicyclic amines) is 1. The lowest BCUT2D eigenvalue weighted by molar-refractivity contribution is -0.129. The average Bonchev–Trinajstić information content (AvgIpc) is 3.49. The molecule has 5 amide bonds. The van der Waals surface area contributed by atoms with Crippen LogP contribution >= 0.6 is 22.6 Å². The summed E-state index contributed by atoms with van der Waals surface area (Å²) < 4.78 is 16.9. The summed E-state index contributed by atoms with van der Waals surface area (Å²) in [6.45, 7) is 10.2. The van der Waals surface area contributed by atoms with Crippen LogP contribution in [-0.4, -0.2) is 153 Å². The second-order valence-electron chi connectivity index (χ2n) is 14.7. The minimum Gasteiger partial charge on any atom is -0.377 e. The van der Waals surface area contributed by atoms with Gasteiger partial charge >= 0.3 is 0 Å². The molecular weight excluding hydrogens is 839 g/mol. The standard InChI is InChI=1S/C38H71IN8O9/c1-28-10-9-11-29(2)47(28)27-36(51)41-17-15-34(49)45-32(37(52)43-19-21-55-23-25-56-24-22-54-20-18-42-35(50)26-39)13-7-8-16-40-33(48)14-6-4-5-12-31-30(3)44-38(53)46-31/h28-32,38,44,46,53H,4-27H2,1-3H3,(H,40,48)(H,41,51)(H,42,50)(H,43,52)(H,45,49). The molecule has 2 fully saturated rings. The number of hydrogen-bond acceptors (Lipinski definition) is 12. The number of unbranched alkanes of at least 4 members (excludes halogenated alkanes) is 3. The number of aliphatic hydroxyl groups excluding tert-OH is 1. The van der Waals surface area contributed by atoms with Crippen LogP contribution in [0.2, 0.25) is 0 Å². The lowest BCUT2D eigenvalue weighted by atomic mass is 9.97. The second-order valence-corrected chi connectivity index (χ2v) is 15.5. The summed E-state index contributed by atoms with van der Waals surface area (Å²) in [4.78, 5) is 64.4. The van der Waals surface area contributed by atoms with Crippen LogP contribution < -0.4 is 37.2 Å². The number of alkyl halides is 1. The van der Waals surface area contributed by atoms with Gasteiger partial charge in [0, 0.05) is 63.2 Å². The number of nitrogens with zero attached hydrogens (tertiary/aromatic N) is 1. The quantitative estimate of drug-likeness (QED) is 0.0270. The van der Waals surface area contributed by atoms with Gasteiger partial charge in [0.25, 0.3) is 0 Å². The number of rotatable bonds is 31. The van der Waals surface area contributed by atoms with Gasteiger partial charge in [0.2, 0.25) is 29.5 Å². The van der Waals surface area contributed by atoms with Crippen molar-refractivity contribution >= 4 is 52.1 Å². The SMILES string of the molecule is CC1NC(O)NC1CCCCCC(=O)NCCCCC(NC(=O)CCNC(=O)CN1C(C)CCCC1C)C(=O)NCCOCCOCCOCCNC(=O)CI. The predicted octanol–water partition coefficient (Wildman–Crippen LogP) is 0.420. The van der Waals surface area contributed by atoms with Crippen molar-refractivity contribution in [3.8, 4) is 0 Å². The van der Waals surface area contributed by atoms with Gasteiger partial charge in [0.1, 0.15) is 6.04 Å². The maximum Gasteiger partial charge on any atom is 0.242 e. The fourth-order valence-electron chi connectivity index (χ4n) is 6.79. The number of amides is 5. The summed E-state index contributed by atoms with van der Waals surface area (Å²) in [5, 5.41) is 30.0. The summed E-state index contributed by atoms with van der Waals surface area (Å²) in [7, 11) is 0. The monoisotopic (exact) mass is 910 g/mol. The molecule has 6 atom stereocenters. The Morgan fingerprint density at radius 3 is 1.96 bits per heavy atom. The van der Waals surface area contributed by atoms with Gasteiger partial charge in [-0.05, 0) is 65.7 Å². The van der Waals surface area contributed by atoms with E-state index in [0.717, 1.165) is 44.9 Å². The highest BCUT2D eigenvalue weighted by Gasteiger charge is 2.28. The van der Waals surface area contributed by atoms with Crippen LogP contribution in [0.25, 0.3) is 0 Å². The van der Waals surface area contributed by atoms with Crippen LogP contribution in [0.1, 0.15) is 97.8 Å². The van der Waals surface area contributed by atoms with Crippen molar-refractivity contribution < 1.29 is 43.3 Å². The number of carbonyl (C=O) groups excluding carboxylic acids is 5. The van der Waals surface area contributed by atoms with Gasteiger partial charge in [-0.1, -0.05) is 41.9 Å². The van der Waals surface area contributed by atoms with Crippen LogP contribution in [0.4, 0.5) is 0 Å². The molecule has 324 valence electrons. The van der Waals surface area contributed by atoms with Crippen LogP contribution in [0, 0.1) is 0 Å². The zero-order valence-electron chi connectivity index (χ0n) is 34.0. The Morgan fingerprint density at radius 1 is 0.696 bits per heavy atom. The molecule has 17 nitrogen and oxygen atoms in total. The van der Waals surface area contributed by atoms with E-state index in [0.29, 0.717) is 94.9 Å². The average molecular weight is 911 g/mol. The van der Waals surface area contributed by atoms with E-state index >= 15 is 0 Å². The van der Waals surface area contributed by atoms with Gasteiger partial charge in [0.05, 0.1) is 50.6 Å². The van der Waals surface area contributed by atoms with Gasteiger partial charge in [0.15, 0.2) is 6.35 Å². The van der Waals surface area contributed by atoms with Crippen molar-refractivity contribution in [3.63, 3.8) is 0 Å². The molecule has 0 saturated carbocycles. The van der Waals surface area contributed by atoms with Gasteiger partial charge in [-0.25, -0.2) is 0 Å². The van der Waals surface area contributed by atoms with Crippen molar-refractivity contribution in [2.45, 2.75) is 134 Å². The first-order valence-corrected chi connectivity index (χ1v) is 22.1. The Kier molecular flexibility index (Phi) is 27.5. The smallest absolute Gasteiger partial charge is 0.242 e. The molecule has 56 heavy (non-hydrogen) atoms. The normalized spacial score (nSPS) is 21.6. The molecule has 0 radical (unpaired) electrons. The molecule has 2 rings (SSSR count). The number of piperidine rings is 1. The number of carbonyl (C=O) groups is 5. The predicted molar refractivity (Wildman–Crippen MR) is 222 cm³/mol. The van der Waals surface area contributed by atoms with Crippen molar-refractivity contribution in [1.29, 1.82) is 0 Å². The molecule has 6 unspecified atom stereocenters. The fourth-order valence-corrected chi connectivity index (χ4v) is 7.06. The van der Waals surface area contributed by atoms with Crippen molar-refractivity contribution in [2.75, 3.05) is 76.8 Å². The Bertz CT molecular complexity index is 1130. The summed E-state index contributed by atoms with van der Waals surface area (Å²) >= 11 is 2.00. The number of nitrogens with one attached hydrogen (secondary N) is 7. The van der Waals surface area contributed by atoms with Crippen molar-refractivity contribution in [2.24, 2.45) is 0 Å². The third kappa shape index (κ3) is 23.3. The lowest BCUT2D eigenvalue weighted by Crippen LogP contribution is -2.49. The molecule has 2 aliphatic rings. The van der Waals surface area contributed by atoms with Gasteiger partial charge in [-0.15, -0.1) is 0 Å². The zero-order chi connectivity index (χ0) is 41.0. The van der Waals surface area contributed by atoms with Crippen LogP contribution in [0.5, 0.6) is 0 Å². The van der Waals surface area contributed by atoms with Crippen LogP contribution in [0.3, 0.4) is 0 Å². The second kappa shape index (κ2) is 30.8. The lowest BCUT2D eigenvalue weighted by Gasteiger charge is -2.38. The summed E-state index contributed by atoms with van der Waals surface area (Å²) in [5.74, 6) is -0.790. The first-order chi connectivity index (χ1) is 27.0. The highest BCUT2D eigenvalue weighted by atomic mass is 127. The van der Waals surface area contributed by atoms with E-state index in [9.17, 15) is 29.1 Å². The zero-order valence-corrected chi connectivity index (χ0v) is 36.1. The summed E-state index contributed by atoms with van der Waals surface area (Å²) in [6, 6.07) is 0.360. The molecule has 0 aromatic carbocycles. The maximum atomic E-state index is 13.1. The molecule has 18 heteroatoms. The highest BCUT2D eigenvalue weighted by Crippen LogP contribution is 2.21. The highest BCUT2D eigenvalue weighted by molar-refractivity contribution is 14.1. The first-order valence-electron chi connectivity index (χ1n) is 20.6. The minimum atomic E-state index is -0.768. The third-order valence-electron chi connectivity index (χ3n) is 10.1. The molecule has 0 aromatic rings. The van der Waals surface area contributed by atoms with E-state index in [4.69, 9.17) is 14.2 Å². The van der Waals surface area contributed by atoms with Gasteiger partial charge < -0.3 is 45.9 Å². The number of hydrogen-bond donors (Lipinski definition) is 8. The molecule has 2 saturated heterocycles. The Balaban J connectivity index is 1.66. The Hall–Kier alpha value is -2.20. The third-order valence-corrected chi connectivity index (χ3v) is 10.8. The topological polar surface area (TPSA) is 221 Å². The van der Waals surface area contributed by atoms with Crippen LogP contribution in [-0.2, 0) is 38.2 Å². The number of aliphatic hydroxyl groups is 1. The van der Waals surface area contributed by atoms with Gasteiger partial charge in [-0.2, -0.15) is 0 Å². The molecule has 0 bridgehead atoms. The molecule has 0 aromatic heterocycles.